The average Bonchev–Trinajstić information content (AvgIpc) is 2.68. The van der Waals surface area contributed by atoms with Crippen molar-refractivity contribution in [2.45, 2.75) is 12.8 Å². The van der Waals surface area contributed by atoms with Crippen LogP contribution in [0.4, 0.5) is 0 Å². The molecule has 1 aliphatic heterocycles. The van der Waals surface area contributed by atoms with Gasteiger partial charge >= 0.3 is 5.97 Å². The predicted octanol–water partition coefficient (Wildman–Crippen LogP) is 1.18. The Morgan fingerprint density at radius 3 is 2.89 bits per heavy atom. The summed E-state index contributed by atoms with van der Waals surface area (Å²) in [6.45, 7) is 2.58. The quantitative estimate of drug-likeness (QED) is 0.889. The summed E-state index contributed by atoms with van der Waals surface area (Å²) >= 11 is 0. The van der Waals surface area contributed by atoms with Crippen LogP contribution in [0.15, 0.2) is 24.3 Å². The van der Waals surface area contributed by atoms with Gasteiger partial charge in [0, 0.05) is 19.7 Å². The predicted molar refractivity (Wildman–Crippen MR) is 69.1 cm³/mol. The third-order valence-electron chi connectivity index (χ3n) is 3.10. The molecule has 1 heterocycles. The SMILES string of the molecule is O=C(O)c1cccc(CC(=O)N2CCCOCC2)c1. The summed E-state index contributed by atoms with van der Waals surface area (Å²) in [5, 5.41) is 8.92. The molecule has 1 aliphatic rings. The van der Waals surface area contributed by atoms with Crippen molar-refractivity contribution < 1.29 is 19.4 Å². The van der Waals surface area contributed by atoms with Crippen LogP contribution in [0.2, 0.25) is 0 Å². The number of ether oxygens (including phenoxy) is 1. The molecule has 1 fully saturated rings. The molecule has 0 unspecified atom stereocenters. The standard InChI is InChI=1S/C14H17NO4/c16-13(15-5-2-7-19-8-6-15)10-11-3-1-4-12(9-11)14(17)18/h1,3-4,9H,2,5-8,10H2,(H,17,18). The fraction of sp³-hybridized carbons (Fsp3) is 0.429. The van der Waals surface area contributed by atoms with E-state index in [1.54, 1.807) is 23.1 Å². The smallest absolute Gasteiger partial charge is 0.335 e. The Bertz CT molecular complexity index is 464. The van der Waals surface area contributed by atoms with Crippen molar-refractivity contribution >= 4 is 11.9 Å². The summed E-state index contributed by atoms with van der Waals surface area (Å²) in [5.74, 6) is -0.953. The minimum Gasteiger partial charge on any atom is -0.478 e. The molecule has 1 amide bonds. The molecule has 5 nitrogen and oxygen atoms in total. The summed E-state index contributed by atoms with van der Waals surface area (Å²) in [6.07, 6.45) is 1.09. The van der Waals surface area contributed by atoms with Crippen LogP contribution < -0.4 is 0 Å². The summed E-state index contributed by atoms with van der Waals surface area (Å²) < 4.78 is 5.30. The molecule has 1 aromatic carbocycles. The highest BCUT2D eigenvalue weighted by Crippen LogP contribution is 2.09. The van der Waals surface area contributed by atoms with E-state index in [-0.39, 0.29) is 17.9 Å². The number of carboxylic acid groups (broad SMARTS) is 1. The van der Waals surface area contributed by atoms with E-state index in [0.29, 0.717) is 26.3 Å². The maximum absolute atomic E-state index is 12.1. The molecule has 1 aromatic rings. The van der Waals surface area contributed by atoms with E-state index in [1.165, 1.54) is 6.07 Å². The van der Waals surface area contributed by atoms with Crippen LogP contribution in [0.25, 0.3) is 0 Å². The molecule has 1 saturated heterocycles. The first-order chi connectivity index (χ1) is 9.16. The molecule has 2 rings (SSSR count). The first-order valence-electron chi connectivity index (χ1n) is 6.34. The summed E-state index contributed by atoms with van der Waals surface area (Å²) in [4.78, 5) is 24.8. The third-order valence-corrected chi connectivity index (χ3v) is 3.10. The molecule has 0 bridgehead atoms. The number of hydrogen-bond donors (Lipinski definition) is 1. The Labute approximate surface area is 111 Å². The number of carbonyl (C=O) groups is 2. The molecule has 0 atom stereocenters. The molecule has 5 heteroatoms. The van der Waals surface area contributed by atoms with E-state index in [0.717, 1.165) is 12.0 Å². The number of hydrogen-bond acceptors (Lipinski definition) is 3. The second-order valence-electron chi connectivity index (χ2n) is 4.53. The number of carboxylic acids is 1. The number of nitrogens with zero attached hydrogens (tertiary/aromatic N) is 1. The minimum atomic E-state index is -0.975. The van der Waals surface area contributed by atoms with Crippen LogP contribution in [0.1, 0.15) is 22.3 Å². The van der Waals surface area contributed by atoms with Crippen molar-refractivity contribution in [3.05, 3.63) is 35.4 Å². The van der Waals surface area contributed by atoms with Gasteiger partial charge in [-0.1, -0.05) is 12.1 Å². The molecule has 0 saturated carbocycles. The van der Waals surface area contributed by atoms with Gasteiger partial charge < -0.3 is 14.7 Å². The van der Waals surface area contributed by atoms with Gasteiger partial charge in [-0.05, 0) is 24.1 Å². The number of rotatable bonds is 3. The minimum absolute atomic E-state index is 0.0213. The van der Waals surface area contributed by atoms with Crippen molar-refractivity contribution in [2.75, 3.05) is 26.3 Å². The zero-order valence-electron chi connectivity index (χ0n) is 10.7. The van der Waals surface area contributed by atoms with Gasteiger partial charge in [0.1, 0.15) is 0 Å². The van der Waals surface area contributed by atoms with Crippen LogP contribution in [-0.2, 0) is 16.0 Å². The van der Waals surface area contributed by atoms with Gasteiger partial charge in [0.15, 0.2) is 0 Å². The van der Waals surface area contributed by atoms with Gasteiger partial charge in [0.2, 0.25) is 5.91 Å². The van der Waals surface area contributed by atoms with Crippen LogP contribution in [0.5, 0.6) is 0 Å². The van der Waals surface area contributed by atoms with Gasteiger partial charge in [-0.2, -0.15) is 0 Å². The molecule has 0 radical (unpaired) electrons. The number of amides is 1. The lowest BCUT2D eigenvalue weighted by Crippen LogP contribution is -2.34. The molecule has 0 spiro atoms. The second-order valence-corrected chi connectivity index (χ2v) is 4.53. The zero-order chi connectivity index (χ0) is 13.7. The largest absolute Gasteiger partial charge is 0.478 e. The second kappa shape index (κ2) is 6.33. The highest BCUT2D eigenvalue weighted by molar-refractivity contribution is 5.88. The maximum Gasteiger partial charge on any atom is 0.335 e. The van der Waals surface area contributed by atoms with Crippen molar-refractivity contribution in [1.29, 1.82) is 0 Å². The molecule has 19 heavy (non-hydrogen) atoms. The Morgan fingerprint density at radius 2 is 2.11 bits per heavy atom. The number of carbonyl (C=O) groups excluding carboxylic acids is 1. The Balaban J connectivity index is 2.01. The van der Waals surface area contributed by atoms with Crippen LogP contribution in [0, 0.1) is 0 Å². The van der Waals surface area contributed by atoms with Gasteiger partial charge in [0.25, 0.3) is 0 Å². The molecular weight excluding hydrogens is 246 g/mol. The lowest BCUT2D eigenvalue weighted by atomic mass is 10.1. The van der Waals surface area contributed by atoms with E-state index < -0.39 is 5.97 Å². The summed E-state index contributed by atoms with van der Waals surface area (Å²) in [6, 6.07) is 6.51. The Hall–Kier alpha value is -1.88. The fourth-order valence-corrected chi connectivity index (χ4v) is 2.10. The lowest BCUT2D eigenvalue weighted by molar-refractivity contribution is -0.130. The normalized spacial score (nSPS) is 15.9. The Morgan fingerprint density at radius 1 is 1.26 bits per heavy atom. The highest BCUT2D eigenvalue weighted by atomic mass is 16.5. The van der Waals surface area contributed by atoms with E-state index in [2.05, 4.69) is 0 Å². The summed E-state index contributed by atoms with van der Waals surface area (Å²) in [5.41, 5.74) is 0.944. The fourth-order valence-electron chi connectivity index (χ4n) is 2.10. The molecular formula is C14H17NO4. The summed E-state index contributed by atoms with van der Waals surface area (Å²) in [7, 11) is 0. The first kappa shape index (κ1) is 13.5. The highest BCUT2D eigenvalue weighted by Gasteiger charge is 2.16. The third kappa shape index (κ3) is 3.79. The zero-order valence-corrected chi connectivity index (χ0v) is 10.7. The van der Waals surface area contributed by atoms with Crippen molar-refractivity contribution in [3.63, 3.8) is 0 Å². The average molecular weight is 263 g/mol. The Kier molecular flexibility index (Phi) is 4.52. The monoisotopic (exact) mass is 263 g/mol. The first-order valence-corrected chi connectivity index (χ1v) is 6.34. The lowest BCUT2D eigenvalue weighted by Gasteiger charge is -2.19. The van der Waals surface area contributed by atoms with Crippen molar-refractivity contribution in [3.8, 4) is 0 Å². The van der Waals surface area contributed by atoms with Gasteiger partial charge in [-0.15, -0.1) is 0 Å². The van der Waals surface area contributed by atoms with E-state index >= 15 is 0 Å². The molecule has 0 aromatic heterocycles. The van der Waals surface area contributed by atoms with Gasteiger partial charge in [0.05, 0.1) is 18.6 Å². The molecule has 102 valence electrons. The van der Waals surface area contributed by atoms with Crippen LogP contribution >= 0.6 is 0 Å². The number of benzene rings is 1. The van der Waals surface area contributed by atoms with E-state index in [9.17, 15) is 9.59 Å². The number of aromatic carboxylic acids is 1. The maximum atomic E-state index is 12.1. The van der Waals surface area contributed by atoms with E-state index in [1.807, 2.05) is 0 Å². The molecule has 1 N–H and O–H groups in total. The van der Waals surface area contributed by atoms with Crippen molar-refractivity contribution in [1.82, 2.24) is 4.90 Å². The van der Waals surface area contributed by atoms with Crippen LogP contribution in [-0.4, -0.2) is 48.2 Å². The topological polar surface area (TPSA) is 66.8 Å². The van der Waals surface area contributed by atoms with Gasteiger partial charge in [-0.3, -0.25) is 4.79 Å². The van der Waals surface area contributed by atoms with Crippen LogP contribution in [0.3, 0.4) is 0 Å². The van der Waals surface area contributed by atoms with E-state index in [4.69, 9.17) is 9.84 Å². The van der Waals surface area contributed by atoms with Gasteiger partial charge in [-0.25, -0.2) is 4.79 Å². The molecule has 0 aliphatic carbocycles. The van der Waals surface area contributed by atoms with Crippen molar-refractivity contribution in [2.24, 2.45) is 0 Å².